The molecule has 7 heteroatoms. The fraction of sp³-hybridized carbons (Fsp3) is 0.269. The molecular formula is C26H25NO6. The average Bonchev–Trinajstić information content (AvgIpc) is 3.08. The maximum atomic E-state index is 12.7. The van der Waals surface area contributed by atoms with Crippen LogP contribution in [0.5, 0.6) is 0 Å². The Balaban J connectivity index is 1.80. The van der Waals surface area contributed by atoms with Crippen LogP contribution in [0, 0.1) is 19.8 Å². The molecule has 0 aliphatic rings. The highest BCUT2D eigenvalue weighted by molar-refractivity contribution is 6.03. The number of hydrogen-bond donors (Lipinski definition) is 2. The predicted octanol–water partition coefficient (Wildman–Crippen LogP) is 4.59. The molecule has 0 bridgehead atoms. The van der Waals surface area contributed by atoms with Crippen LogP contribution in [0.4, 0.5) is 0 Å². The van der Waals surface area contributed by atoms with Crippen LogP contribution in [0.3, 0.4) is 0 Å². The highest BCUT2D eigenvalue weighted by Crippen LogP contribution is 2.37. The summed E-state index contributed by atoms with van der Waals surface area (Å²) in [6, 6.07) is 12.4. The molecule has 4 rings (SSSR count). The van der Waals surface area contributed by atoms with Gasteiger partial charge in [0.15, 0.2) is 0 Å². The number of furan rings is 1. The van der Waals surface area contributed by atoms with E-state index in [-0.39, 0.29) is 17.9 Å². The van der Waals surface area contributed by atoms with Crippen LogP contribution >= 0.6 is 0 Å². The summed E-state index contributed by atoms with van der Waals surface area (Å²) in [5.74, 6) is -1.21. The number of carboxylic acids is 1. The van der Waals surface area contributed by atoms with Crippen LogP contribution in [0.25, 0.3) is 33.1 Å². The topological polar surface area (TPSA) is 110 Å². The molecule has 0 aliphatic carbocycles. The second-order valence-electron chi connectivity index (χ2n) is 8.54. The lowest BCUT2D eigenvalue weighted by atomic mass is 9.98. The largest absolute Gasteiger partial charge is 0.480 e. The molecule has 7 nitrogen and oxygen atoms in total. The van der Waals surface area contributed by atoms with Crippen LogP contribution in [-0.2, 0) is 16.0 Å². The summed E-state index contributed by atoms with van der Waals surface area (Å²) in [6.07, 6.45) is -0.269. The summed E-state index contributed by atoms with van der Waals surface area (Å²) < 4.78 is 11.5. The van der Waals surface area contributed by atoms with Gasteiger partial charge in [0, 0.05) is 22.4 Å². The highest BCUT2D eigenvalue weighted by atomic mass is 16.4. The van der Waals surface area contributed by atoms with Crippen LogP contribution < -0.4 is 10.9 Å². The Morgan fingerprint density at radius 2 is 1.67 bits per heavy atom. The van der Waals surface area contributed by atoms with E-state index in [1.54, 1.807) is 26.8 Å². The van der Waals surface area contributed by atoms with E-state index in [4.69, 9.17) is 8.83 Å². The molecule has 2 heterocycles. The van der Waals surface area contributed by atoms with Crippen molar-refractivity contribution in [3.63, 3.8) is 0 Å². The lowest BCUT2D eigenvalue weighted by Crippen LogP contribution is -2.45. The van der Waals surface area contributed by atoms with E-state index >= 15 is 0 Å². The zero-order chi connectivity index (χ0) is 23.9. The Morgan fingerprint density at radius 1 is 1.00 bits per heavy atom. The van der Waals surface area contributed by atoms with Gasteiger partial charge in [0.25, 0.3) is 0 Å². The number of hydrogen-bond acceptors (Lipinski definition) is 5. The van der Waals surface area contributed by atoms with E-state index in [9.17, 15) is 19.5 Å². The number of aliphatic carboxylic acids is 1. The number of carboxylic acid groups (broad SMARTS) is 1. The fourth-order valence-electron chi connectivity index (χ4n) is 4.17. The third-order valence-electron chi connectivity index (χ3n) is 5.92. The van der Waals surface area contributed by atoms with Crippen LogP contribution in [0.1, 0.15) is 30.7 Å². The van der Waals surface area contributed by atoms with Crippen LogP contribution in [-0.4, -0.2) is 23.0 Å². The summed E-state index contributed by atoms with van der Waals surface area (Å²) in [5, 5.41) is 13.4. The first kappa shape index (κ1) is 22.3. The Morgan fingerprint density at radius 3 is 2.30 bits per heavy atom. The number of aryl methyl sites for hydroxylation is 2. The van der Waals surface area contributed by atoms with Crippen molar-refractivity contribution in [2.45, 2.75) is 40.2 Å². The molecule has 170 valence electrons. The van der Waals surface area contributed by atoms with Crippen molar-refractivity contribution in [1.29, 1.82) is 0 Å². The molecule has 0 saturated carbocycles. The monoisotopic (exact) mass is 447 g/mol. The first-order chi connectivity index (χ1) is 15.7. The summed E-state index contributed by atoms with van der Waals surface area (Å²) in [7, 11) is 0. The van der Waals surface area contributed by atoms with Crippen molar-refractivity contribution in [3.8, 4) is 11.1 Å². The molecular weight excluding hydrogens is 422 g/mol. The van der Waals surface area contributed by atoms with Gasteiger partial charge in [0.1, 0.15) is 23.0 Å². The smallest absolute Gasteiger partial charge is 0.340 e. The molecule has 0 spiro atoms. The summed E-state index contributed by atoms with van der Waals surface area (Å²) >= 11 is 0. The number of fused-ring (bicyclic) bond motifs is 2. The first-order valence-electron chi connectivity index (χ1n) is 10.7. The Kier molecular flexibility index (Phi) is 5.80. The van der Waals surface area contributed by atoms with Crippen molar-refractivity contribution >= 4 is 33.8 Å². The predicted molar refractivity (Wildman–Crippen MR) is 125 cm³/mol. The Bertz CT molecular complexity index is 1430. The van der Waals surface area contributed by atoms with E-state index in [0.717, 1.165) is 22.3 Å². The van der Waals surface area contributed by atoms with E-state index in [1.165, 1.54) is 0 Å². The molecule has 1 amide bonds. The lowest BCUT2D eigenvalue weighted by Gasteiger charge is -2.18. The molecule has 2 N–H and O–H groups in total. The maximum absolute atomic E-state index is 12.7. The standard InChI is InChI=1S/C26H25NO6/c1-13(2)24(25(29)30)27-22(28)11-18-14(3)17-10-19-21(12-20(17)33-26(18)31)32-15(4)23(19)16-8-6-5-7-9-16/h5-10,12-13,24H,11H2,1-4H3,(H,27,28)(H,29,30)/t24-/m1/s1. The van der Waals surface area contributed by atoms with Crippen molar-refractivity contribution in [2.75, 3.05) is 0 Å². The van der Waals surface area contributed by atoms with Crippen molar-refractivity contribution in [3.05, 3.63) is 69.8 Å². The molecule has 33 heavy (non-hydrogen) atoms. The van der Waals surface area contributed by atoms with Gasteiger partial charge in [-0.25, -0.2) is 9.59 Å². The number of rotatable bonds is 6. The third kappa shape index (κ3) is 4.14. The molecule has 2 aromatic carbocycles. The molecule has 0 aliphatic heterocycles. The van der Waals surface area contributed by atoms with E-state index in [1.807, 2.05) is 43.3 Å². The SMILES string of the molecule is Cc1oc2cc3oc(=O)c(CC(=O)N[C@@H](C(=O)O)C(C)C)c(C)c3cc2c1-c1ccccc1. The van der Waals surface area contributed by atoms with E-state index < -0.39 is 23.5 Å². The minimum absolute atomic E-state index is 0.203. The normalized spacial score (nSPS) is 12.4. The molecule has 4 aromatic rings. The van der Waals surface area contributed by atoms with Crippen molar-refractivity contribution < 1.29 is 23.5 Å². The number of amides is 1. The quantitative estimate of drug-likeness (QED) is 0.418. The second-order valence-corrected chi connectivity index (χ2v) is 8.54. The molecule has 1 atom stereocenters. The number of carbonyl (C=O) groups is 2. The molecule has 0 saturated heterocycles. The van der Waals surface area contributed by atoms with Crippen LogP contribution in [0.2, 0.25) is 0 Å². The third-order valence-corrected chi connectivity index (χ3v) is 5.92. The molecule has 2 aromatic heterocycles. The summed E-state index contributed by atoms with van der Waals surface area (Å²) in [4.78, 5) is 36.6. The molecule has 0 fully saturated rings. The van der Waals surface area contributed by atoms with Gasteiger partial charge in [-0.3, -0.25) is 4.79 Å². The fourth-order valence-corrected chi connectivity index (χ4v) is 4.17. The summed E-state index contributed by atoms with van der Waals surface area (Å²) in [5.41, 5.74) is 3.13. The van der Waals surface area contributed by atoms with Gasteiger partial charge in [0.2, 0.25) is 5.91 Å². The zero-order valence-corrected chi connectivity index (χ0v) is 18.9. The van der Waals surface area contributed by atoms with Gasteiger partial charge in [-0.15, -0.1) is 0 Å². The van der Waals surface area contributed by atoms with Gasteiger partial charge >= 0.3 is 11.6 Å². The van der Waals surface area contributed by atoms with Crippen LogP contribution in [0.15, 0.2) is 56.1 Å². The average molecular weight is 447 g/mol. The molecule has 0 unspecified atom stereocenters. The summed E-state index contributed by atoms with van der Waals surface area (Å²) in [6.45, 7) is 7.06. The van der Waals surface area contributed by atoms with Gasteiger partial charge in [-0.05, 0) is 37.0 Å². The lowest BCUT2D eigenvalue weighted by molar-refractivity contribution is -0.143. The number of nitrogens with one attached hydrogen (secondary N) is 1. The first-order valence-corrected chi connectivity index (χ1v) is 10.7. The molecule has 0 radical (unpaired) electrons. The van der Waals surface area contributed by atoms with Gasteiger partial charge in [-0.2, -0.15) is 0 Å². The maximum Gasteiger partial charge on any atom is 0.340 e. The Labute approximate surface area is 190 Å². The second kappa shape index (κ2) is 8.58. The number of carbonyl (C=O) groups excluding carboxylic acids is 1. The van der Waals surface area contributed by atoms with Gasteiger partial charge in [0.05, 0.1) is 12.0 Å². The highest BCUT2D eigenvalue weighted by Gasteiger charge is 2.25. The van der Waals surface area contributed by atoms with Crippen molar-refractivity contribution in [1.82, 2.24) is 5.32 Å². The van der Waals surface area contributed by atoms with E-state index in [2.05, 4.69) is 5.32 Å². The van der Waals surface area contributed by atoms with Gasteiger partial charge in [-0.1, -0.05) is 44.2 Å². The number of benzene rings is 2. The van der Waals surface area contributed by atoms with Crippen molar-refractivity contribution in [2.24, 2.45) is 5.92 Å². The minimum Gasteiger partial charge on any atom is -0.480 e. The zero-order valence-electron chi connectivity index (χ0n) is 18.9. The van der Waals surface area contributed by atoms with Gasteiger partial charge < -0.3 is 19.3 Å². The van der Waals surface area contributed by atoms with E-state index in [0.29, 0.717) is 22.1 Å². The Hall–Kier alpha value is -3.87. The minimum atomic E-state index is -1.12.